The molecule has 0 bridgehead atoms. The highest BCUT2D eigenvalue weighted by Gasteiger charge is 2.33. The van der Waals surface area contributed by atoms with Gasteiger partial charge >= 0.3 is 12.4 Å². The van der Waals surface area contributed by atoms with Crippen LogP contribution in [-0.2, 0) is 4.79 Å². The second-order valence-electron chi connectivity index (χ2n) is 11.8. The molecule has 258 valence electrons. The molecule has 1 saturated heterocycles. The molecule has 5 rings (SSSR count). The largest absolute Gasteiger partial charge is 0.573 e. The monoisotopic (exact) mass is 693 g/mol. The number of aliphatic imine (C=N–C) groups is 1. The van der Waals surface area contributed by atoms with E-state index in [0.717, 1.165) is 48.4 Å². The van der Waals surface area contributed by atoms with Crippen molar-refractivity contribution < 1.29 is 27.5 Å². The van der Waals surface area contributed by atoms with E-state index in [1.807, 2.05) is 19.1 Å². The molecule has 49 heavy (non-hydrogen) atoms. The fourth-order valence-corrected chi connectivity index (χ4v) is 6.35. The van der Waals surface area contributed by atoms with Gasteiger partial charge in [-0.05, 0) is 91.4 Å². The number of halogens is 3. The van der Waals surface area contributed by atoms with E-state index in [0.29, 0.717) is 27.9 Å². The number of benzene rings is 3. The topological polar surface area (TPSA) is 105 Å². The van der Waals surface area contributed by atoms with Crippen molar-refractivity contribution in [3.63, 3.8) is 0 Å². The number of alkyl halides is 3. The number of ether oxygens (including phenoxy) is 1. The molecule has 10 nitrogen and oxygen atoms in total. The summed E-state index contributed by atoms with van der Waals surface area (Å²) < 4.78 is 42.8. The average molecular weight is 694 g/mol. The van der Waals surface area contributed by atoms with Crippen LogP contribution in [0, 0.1) is 6.92 Å². The lowest BCUT2D eigenvalue weighted by molar-refractivity contribution is -0.274. The van der Waals surface area contributed by atoms with Crippen LogP contribution in [0.1, 0.15) is 57.6 Å². The fourth-order valence-electron chi connectivity index (χ4n) is 5.50. The predicted molar refractivity (Wildman–Crippen MR) is 188 cm³/mol. The lowest BCUT2D eigenvalue weighted by Gasteiger charge is -2.28. The Morgan fingerprint density at radius 2 is 1.78 bits per heavy atom. The number of rotatable bonds is 11. The average Bonchev–Trinajstić information content (AvgIpc) is 3.68. The molecule has 2 heterocycles. The van der Waals surface area contributed by atoms with Gasteiger partial charge in [-0.15, -0.1) is 18.3 Å². The van der Waals surface area contributed by atoms with Gasteiger partial charge in [0.15, 0.2) is 11.0 Å². The summed E-state index contributed by atoms with van der Waals surface area (Å²) in [6.07, 6.45) is -1.33. The zero-order valence-electron chi connectivity index (χ0n) is 27.9. The van der Waals surface area contributed by atoms with Gasteiger partial charge in [-0.2, -0.15) is 4.99 Å². The number of thioether (sulfide) groups is 1. The number of hydrogen-bond donors (Lipinski definition) is 1. The second-order valence-corrected chi connectivity index (χ2v) is 12.8. The molecule has 0 aliphatic carbocycles. The number of carbonyl (C=O) groups excluding carboxylic acids is 2. The minimum Gasteiger partial charge on any atom is -0.406 e. The van der Waals surface area contributed by atoms with Gasteiger partial charge in [0.1, 0.15) is 12.1 Å². The molecule has 4 aromatic rings. The Labute approximate surface area is 287 Å². The first kappa shape index (κ1) is 35.5. The molecule has 14 heteroatoms. The fraction of sp³-hybridized carbons (Fsp3) is 0.343. The SMILES string of the molecule is CCCN(CCC)c1ccc(C(C)C)c(N2C(=O)CSC2=NC(=O)Nc2ccc(-c3ncn(-c4ccc(OC(F)(F)F)cc4)n3)cc2C)c1. The van der Waals surface area contributed by atoms with Crippen LogP contribution in [-0.4, -0.2) is 57.1 Å². The molecule has 1 aliphatic rings. The van der Waals surface area contributed by atoms with E-state index in [9.17, 15) is 22.8 Å². The summed E-state index contributed by atoms with van der Waals surface area (Å²) in [7, 11) is 0. The summed E-state index contributed by atoms with van der Waals surface area (Å²) in [6.45, 7) is 12.0. The Kier molecular flexibility index (Phi) is 11.0. The highest BCUT2D eigenvalue weighted by molar-refractivity contribution is 8.15. The number of aryl methyl sites for hydroxylation is 1. The van der Waals surface area contributed by atoms with Crippen molar-refractivity contribution in [2.45, 2.75) is 59.7 Å². The zero-order valence-corrected chi connectivity index (χ0v) is 28.7. The zero-order chi connectivity index (χ0) is 35.3. The molecule has 0 atom stereocenters. The van der Waals surface area contributed by atoms with Crippen molar-refractivity contribution in [2.75, 3.05) is 34.0 Å². The Balaban J connectivity index is 1.33. The summed E-state index contributed by atoms with van der Waals surface area (Å²) in [5, 5.41) is 7.60. The molecule has 1 aromatic heterocycles. The van der Waals surface area contributed by atoms with Crippen LogP contribution in [0.15, 0.2) is 72.0 Å². The van der Waals surface area contributed by atoms with E-state index in [2.05, 4.69) is 69.9 Å². The highest BCUT2D eigenvalue weighted by atomic mass is 32.2. The Morgan fingerprint density at radius 3 is 2.41 bits per heavy atom. The van der Waals surface area contributed by atoms with Gasteiger partial charge in [-0.1, -0.05) is 45.5 Å². The summed E-state index contributed by atoms with van der Waals surface area (Å²) >= 11 is 1.23. The molecule has 1 fully saturated rings. The quantitative estimate of drug-likeness (QED) is 0.168. The molecular weight excluding hydrogens is 655 g/mol. The molecule has 3 aromatic carbocycles. The first-order valence-corrected chi connectivity index (χ1v) is 17.0. The van der Waals surface area contributed by atoms with Crippen molar-refractivity contribution in [3.05, 3.63) is 78.1 Å². The molecule has 0 radical (unpaired) electrons. The third kappa shape index (κ3) is 8.60. The van der Waals surface area contributed by atoms with Crippen LogP contribution in [0.25, 0.3) is 17.1 Å². The molecule has 0 unspecified atom stereocenters. The van der Waals surface area contributed by atoms with E-state index in [4.69, 9.17) is 0 Å². The lowest BCUT2D eigenvalue weighted by atomic mass is 9.99. The second kappa shape index (κ2) is 15.1. The third-order valence-electron chi connectivity index (χ3n) is 7.74. The number of nitrogens with zero attached hydrogens (tertiary/aromatic N) is 6. The maximum absolute atomic E-state index is 13.2. The molecule has 3 amide bonds. The van der Waals surface area contributed by atoms with Gasteiger partial charge in [0, 0.05) is 30.0 Å². The van der Waals surface area contributed by atoms with Crippen LogP contribution < -0.4 is 19.9 Å². The number of nitrogens with one attached hydrogen (secondary N) is 1. The standard InChI is InChI=1S/C35H38F3N7O3S/c1-6-16-43(17-7-2)26-11-14-28(22(3)4)30(19-26)45-31(46)20-49-34(45)41-33(47)40-29-15-8-24(18-23(29)5)32-39-21-44(42-32)25-9-12-27(13-10-25)48-35(36,37)38/h8-15,18-19,21-22H,6-7,16-17,20H2,1-5H3,(H,40,47). The van der Waals surface area contributed by atoms with Gasteiger partial charge in [0.2, 0.25) is 5.91 Å². The molecule has 1 N–H and O–H groups in total. The summed E-state index contributed by atoms with van der Waals surface area (Å²) in [6, 6.07) is 16.1. The van der Waals surface area contributed by atoms with Crippen molar-refractivity contribution in [1.29, 1.82) is 0 Å². The van der Waals surface area contributed by atoms with Gasteiger partial charge in [0.25, 0.3) is 0 Å². The Bertz CT molecular complexity index is 1830. The van der Waals surface area contributed by atoms with Gasteiger partial charge in [0.05, 0.1) is 17.1 Å². The van der Waals surface area contributed by atoms with E-state index in [-0.39, 0.29) is 23.3 Å². The van der Waals surface area contributed by atoms with Crippen molar-refractivity contribution in [3.8, 4) is 22.8 Å². The number of amides is 3. The first-order chi connectivity index (χ1) is 23.4. The lowest BCUT2D eigenvalue weighted by Crippen LogP contribution is -2.32. The van der Waals surface area contributed by atoms with Crippen LogP contribution in [0.3, 0.4) is 0 Å². The molecule has 1 aliphatic heterocycles. The first-order valence-electron chi connectivity index (χ1n) is 16.0. The smallest absolute Gasteiger partial charge is 0.406 e. The minimum atomic E-state index is -4.78. The maximum atomic E-state index is 13.2. The molecule has 0 spiro atoms. The van der Waals surface area contributed by atoms with E-state index in [1.165, 1.54) is 47.0 Å². The van der Waals surface area contributed by atoms with E-state index >= 15 is 0 Å². The number of anilines is 3. The number of urea groups is 1. The number of aromatic nitrogens is 3. The van der Waals surface area contributed by atoms with Crippen LogP contribution in [0.4, 0.5) is 35.0 Å². The predicted octanol–water partition coefficient (Wildman–Crippen LogP) is 8.56. The maximum Gasteiger partial charge on any atom is 0.573 e. The minimum absolute atomic E-state index is 0.133. The Hall–Kier alpha value is -4.85. The van der Waals surface area contributed by atoms with Crippen LogP contribution >= 0.6 is 11.8 Å². The number of amidine groups is 1. The van der Waals surface area contributed by atoms with Gasteiger partial charge in [-0.25, -0.2) is 14.5 Å². The van der Waals surface area contributed by atoms with Crippen LogP contribution in [0.2, 0.25) is 0 Å². The summed E-state index contributed by atoms with van der Waals surface area (Å²) in [5.41, 5.74) is 5.18. The number of hydrogen-bond acceptors (Lipinski definition) is 7. The Morgan fingerprint density at radius 1 is 1.06 bits per heavy atom. The van der Waals surface area contributed by atoms with Crippen LogP contribution in [0.5, 0.6) is 5.75 Å². The van der Waals surface area contributed by atoms with Crippen molar-refractivity contribution in [1.82, 2.24) is 14.8 Å². The summed E-state index contributed by atoms with van der Waals surface area (Å²) in [4.78, 5) is 39.0. The van der Waals surface area contributed by atoms with Gasteiger partial charge < -0.3 is 15.0 Å². The van der Waals surface area contributed by atoms with Gasteiger partial charge in [-0.3, -0.25) is 9.69 Å². The van der Waals surface area contributed by atoms with Crippen molar-refractivity contribution >= 4 is 45.9 Å². The third-order valence-corrected chi connectivity index (χ3v) is 8.67. The number of carbonyl (C=O) groups is 2. The van der Waals surface area contributed by atoms with E-state index < -0.39 is 12.4 Å². The molecular formula is C35H38F3N7O3S. The highest BCUT2D eigenvalue weighted by Crippen LogP contribution is 2.37. The normalized spacial score (nSPS) is 14.2. The van der Waals surface area contributed by atoms with E-state index in [1.54, 1.807) is 17.0 Å². The summed E-state index contributed by atoms with van der Waals surface area (Å²) in [5.74, 6) is 0.236. The van der Waals surface area contributed by atoms with Crippen molar-refractivity contribution in [2.24, 2.45) is 4.99 Å². The molecule has 0 saturated carbocycles.